The maximum atomic E-state index is 6.07. The largest absolute Gasteiger partial charge is 0.381 e. The van der Waals surface area contributed by atoms with Gasteiger partial charge in [-0.3, -0.25) is 4.98 Å². The molecule has 1 unspecified atom stereocenters. The standard InChI is InChI=1S/C20H31N3O2/c1-3-19(13-21-7-1)23-9-12-25-17-20(16-23)6-2-8-22(15-20)14-18-4-10-24-11-5-18/h1,3,7,13,18H,2,4-6,8-12,14-17H2. The molecule has 5 heteroatoms. The maximum absolute atomic E-state index is 6.07. The average molecular weight is 345 g/mol. The normalized spacial score (nSPS) is 29.7. The molecular weight excluding hydrogens is 314 g/mol. The highest BCUT2D eigenvalue weighted by Gasteiger charge is 2.39. The fourth-order valence-corrected chi connectivity index (χ4v) is 4.76. The van der Waals surface area contributed by atoms with Crippen molar-refractivity contribution < 1.29 is 9.47 Å². The van der Waals surface area contributed by atoms with E-state index in [2.05, 4.69) is 20.9 Å². The molecule has 3 saturated heterocycles. The molecule has 0 amide bonds. The van der Waals surface area contributed by atoms with Crippen LogP contribution in [0.3, 0.4) is 0 Å². The van der Waals surface area contributed by atoms with Gasteiger partial charge in [0.15, 0.2) is 0 Å². The third kappa shape index (κ3) is 4.33. The van der Waals surface area contributed by atoms with E-state index in [0.717, 1.165) is 45.4 Å². The zero-order valence-corrected chi connectivity index (χ0v) is 15.2. The van der Waals surface area contributed by atoms with E-state index in [9.17, 15) is 0 Å². The van der Waals surface area contributed by atoms with Crippen LogP contribution < -0.4 is 4.90 Å². The Kier molecular flexibility index (Phi) is 5.54. The fraction of sp³-hybridized carbons (Fsp3) is 0.750. The highest BCUT2D eigenvalue weighted by atomic mass is 16.5. The summed E-state index contributed by atoms with van der Waals surface area (Å²) >= 11 is 0. The zero-order chi connectivity index (χ0) is 17.0. The number of nitrogens with zero attached hydrogens (tertiary/aromatic N) is 3. The molecule has 1 spiro atoms. The van der Waals surface area contributed by atoms with Crippen LogP contribution in [0.4, 0.5) is 5.69 Å². The van der Waals surface area contributed by atoms with Crippen LogP contribution in [-0.4, -0.2) is 69.0 Å². The van der Waals surface area contributed by atoms with E-state index in [-0.39, 0.29) is 5.41 Å². The van der Waals surface area contributed by atoms with E-state index in [1.54, 1.807) is 0 Å². The molecule has 0 bridgehead atoms. The van der Waals surface area contributed by atoms with Crippen LogP contribution in [-0.2, 0) is 9.47 Å². The van der Waals surface area contributed by atoms with Crippen molar-refractivity contribution in [3.63, 3.8) is 0 Å². The molecule has 138 valence electrons. The van der Waals surface area contributed by atoms with Crippen LogP contribution in [0, 0.1) is 11.3 Å². The minimum Gasteiger partial charge on any atom is -0.381 e. The van der Waals surface area contributed by atoms with E-state index in [1.807, 2.05) is 18.5 Å². The van der Waals surface area contributed by atoms with Crippen LogP contribution in [0.2, 0.25) is 0 Å². The van der Waals surface area contributed by atoms with Crippen molar-refractivity contribution in [3.8, 4) is 0 Å². The fourth-order valence-electron chi connectivity index (χ4n) is 4.76. The highest BCUT2D eigenvalue weighted by Crippen LogP contribution is 2.35. The van der Waals surface area contributed by atoms with E-state index >= 15 is 0 Å². The first-order chi connectivity index (χ1) is 12.3. The number of hydrogen-bond donors (Lipinski definition) is 0. The average Bonchev–Trinajstić information content (AvgIpc) is 2.86. The zero-order valence-electron chi connectivity index (χ0n) is 15.2. The Labute approximate surface area is 151 Å². The molecule has 1 atom stereocenters. The van der Waals surface area contributed by atoms with E-state index in [0.29, 0.717) is 0 Å². The first-order valence-electron chi connectivity index (χ1n) is 9.86. The van der Waals surface area contributed by atoms with Crippen molar-refractivity contribution >= 4 is 5.69 Å². The molecule has 0 saturated carbocycles. The van der Waals surface area contributed by atoms with Gasteiger partial charge in [-0.1, -0.05) is 0 Å². The van der Waals surface area contributed by atoms with E-state index in [1.165, 1.54) is 51.0 Å². The summed E-state index contributed by atoms with van der Waals surface area (Å²) in [5, 5.41) is 0. The third-order valence-electron chi connectivity index (χ3n) is 6.05. The number of pyridine rings is 1. The summed E-state index contributed by atoms with van der Waals surface area (Å²) in [6.07, 6.45) is 8.84. The van der Waals surface area contributed by atoms with Gasteiger partial charge < -0.3 is 19.3 Å². The van der Waals surface area contributed by atoms with Crippen LogP contribution in [0.5, 0.6) is 0 Å². The third-order valence-corrected chi connectivity index (χ3v) is 6.05. The summed E-state index contributed by atoms with van der Waals surface area (Å²) in [6, 6.07) is 4.21. The topological polar surface area (TPSA) is 37.8 Å². The summed E-state index contributed by atoms with van der Waals surface area (Å²) in [5.41, 5.74) is 1.49. The lowest BCUT2D eigenvalue weighted by Crippen LogP contribution is -2.51. The Hall–Kier alpha value is -1.17. The number of anilines is 1. The lowest BCUT2D eigenvalue weighted by molar-refractivity contribution is -0.00278. The van der Waals surface area contributed by atoms with E-state index in [4.69, 9.17) is 9.47 Å². The van der Waals surface area contributed by atoms with Crippen molar-refractivity contribution in [1.29, 1.82) is 0 Å². The molecule has 0 radical (unpaired) electrons. The molecule has 1 aromatic heterocycles. The number of likely N-dealkylation sites (tertiary alicyclic amines) is 1. The second-order valence-corrected chi connectivity index (χ2v) is 8.08. The van der Waals surface area contributed by atoms with Crippen LogP contribution >= 0.6 is 0 Å². The van der Waals surface area contributed by atoms with Gasteiger partial charge in [0.2, 0.25) is 0 Å². The second-order valence-electron chi connectivity index (χ2n) is 8.08. The maximum Gasteiger partial charge on any atom is 0.0641 e. The highest BCUT2D eigenvalue weighted by molar-refractivity contribution is 5.44. The van der Waals surface area contributed by atoms with Crippen molar-refractivity contribution in [1.82, 2.24) is 9.88 Å². The van der Waals surface area contributed by atoms with Gasteiger partial charge in [0, 0.05) is 51.0 Å². The molecule has 25 heavy (non-hydrogen) atoms. The van der Waals surface area contributed by atoms with Crippen molar-refractivity contribution in [2.45, 2.75) is 25.7 Å². The summed E-state index contributed by atoms with van der Waals surface area (Å²) in [4.78, 5) is 9.50. The van der Waals surface area contributed by atoms with Crippen molar-refractivity contribution in [2.75, 3.05) is 64.1 Å². The van der Waals surface area contributed by atoms with Gasteiger partial charge in [-0.2, -0.15) is 0 Å². The number of ether oxygens (including phenoxy) is 2. The predicted molar refractivity (Wildman–Crippen MR) is 98.9 cm³/mol. The van der Waals surface area contributed by atoms with Gasteiger partial charge in [-0.15, -0.1) is 0 Å². The first kappa shape index (κ1) is 17.3. The predicted octanol–water partition coefficient (Wildman–Crippen LogP) is 2.43. The molecule has 3 fully saturated rings. The Bertz CT molecular complexity index is 535. The number of rotatable bonds is 3. The lowest BCUT2D eigenvalue weighted by Gasteiger charge is -2.45. The molecule has 0 N–H and O–H groups in total. The summed E-state index contributed by atoms with van der Waals surface area (Å²) in [5.74, 6) is 0.810. The van der Waals surface area contributed by atoms with Gasteiger partial charge in [0.25, 0.3) is 0 Å². The number of piperidine rings is 1. The molecule has 1 aromatic rings. The molecule has 0 aliphatic carbocycles. The SMILES string of the molecule is c1cncc(N2CCOCC3(CCCN(CC4CCOCC4)C3)C2)c1. The number of aromatic nitrogens is 1. The van der Waals surface area contributed by atoms with Gasteiger partial charge >= 0.3 is 0 Å². The van der Waals surface area contributed by atoms with Gasteiger partial charge in [0.1, 0.15) is 0 Å². The lowest BCUT2D eigenvalue weighted by atomic mass is 9.79. The van der Waals surface area contributed by atoms with Crippen molar-refractivity contribution in [3.05, 3.63) is 24.5 Å². The van der Waals surface area contributed by atoms with Crippen LogP contribution in [0.25, 0.3) is 0 Å². The quantitative estimate of drug-likeness (QED) is 0.841. The monoisotopic (exact) mass is 345 g/mol. The molecule has 3 aliphatic rings. The van der Waals surface area contributed by atoms with Crippen LogP contribution in [0.1, 0.15) is 25.7 Å². The molecule has 4 heterocycles. The Morgan fingerprint density at radius 1 is 1.12 bits per heavy atom. The molecule has 5 nitrogen and oxygen atoms in total. The minimum atomic E-state index is 0.260. The minimum absolute atomic E-state index is 0.260. The second kappa shape index (κ2) is 8.02. The molecule has 4 rings (SSSR count). The Morgan fingerprint density at radius 2 is 2.04 bits per heavy atom. The Balaban J connectivity index is 1.43. The number of hydrogen-bond acceptors (Lipinski definition) is 5. The van der Waals surface area contributed by atoms with Gasteiger partial charge in [-0.25, -0.2) is 0 Å². The summed E-state index contributed by atoms with van der Waals surface area (Å²) < 4.78 is 11.6. The van der Waals surface area contributed by atoms with Crippen LogP contribution in [0.15, 0.2) is 24.5 Å². The summed E-state index contributed by atoms with van der Waals surface area (Å²) in [6.45, 7) is 9.30. The summed E-state index contributed by atoms with van der Waals surface area (Å²) in [7, 11) is 0. The smallest absolute Gasteiger partial charge is 0.0641 e. The Morgan fingerprint density at radius 3 is 2.88 bits per heavy atom. The van der Waals surface area contributed by atoms with Gasteiger partial charge in [-0.05, 0) is 50.3 Å². The molecule has 0 aromatic carbocycles. The van der Waals surface area contributed by atoms with E-state index < -0.39 is 0 Å². The van der Waals surface area contributed by atoms with Gasteiger partial charge in [0.05, 0.1) is 25.1 Å². The van der Waals surface area contributed by atoms with Crippen molar-refractivity contribution in [2.24, 2.45) is 11.3 Å². The molecule has 3 aliphatic heterocycles. The molecular formula is C20H31N3O2. The first-order valence-corrected chi connectivity index (χ1v) is 9.86.